The molecule has 0 saturated heterocycles. The highest BCUT2D eigenvalue weighted by Crippen LogP contribution is 2.30. The second kappa shape index (κ2) is 5.59. The van der Waals surface area contributed by atoms with E-state index in [-0.39, 0.29) is 4.90 Å². The molecule has 0 amide bonds. The minimum absolute atomic E-state index is 0.131. The van der Waals surface area contributed by atoms with Crippen LogP contribution in [-0.4, -0.2) is 15.0 Å². The van der Waals surface area contributed by atoms with Gasteiger partial charge in [0.1, 0.15) is 5.75 Å². The Kier molecular flexibility index (Phi) is 4.07. The SMILES string of the molecule is CCCCOc1ccc(S(N)(=O)=O)c2ccccc12. The van der Waals surface area contributed by atoms with E-state index in [4.69, 9.17) is 9.88 Å². The lowest BCUT2D eigenvalue weighted by Gasteiger charge is -2.11. The van der Waals surface area contributed by atoms with Gasteiger partial charge in [0.25, 0.3) is 0 Å². The molecular weight excluding hydrogens is 262 g/mol. The molecule has 0 saturated carbocycles. The fraction of sp³-hybridized carbons (Fsp3) is 0.286. The number of benzene rings is 2. The first-order chi connectivity index (χ1) is 9.04. The largest absolute Gasteiger partial charge is 0.493 e. The molecule has 0 spiro atoms. The Morgan fingerprint density at radius 2 is 1.79 bits per heavy atom. The number of unbranched alkanes of at least 4 members (excludes halogenated alkanes) is 1. The first-order valence-corrected chi connectivity index (χ1v) is 7.76. The van der Waals surface area contributed by atoms with Crippen LogP contribution in [0.4, 0.5) is 0 Å². The van der Waals surface area contributed by atoms with Gasteiger partial charge in [0, 0.05) is 10.8 Å². The Morgan fingerprint density at radius 3 is 2.42 bits per heavy atom. The average Bonchev–Trinajstić information content (AvgIpc) is 2.37. The van der Waals surface area contributed by atoms with Gasteiger partial charge in [-0.05, 0) is 18.6 Å². The molecule has 0 atom stereocenters. The number of nitrogens with two attached hydrogens (primary N) is 1. The third-order valence-corrected chi connectivity index (χ3v) is 3.88. The molecule has 2 N–H and O–H groups in total. The van der Waals surface area contributed by atoms with E-state index in [9.17, 15) is 8.42 Å². The van der Waals surface area contributed by atoms with Crippen LogP contribution >= 0.6 is 0 Å². The molecule has 2 rings (SSSR count). The number of fused-ring (bicyclic) bond motifs is 1. The fourth-order valence-corrected chi connectivity index (χ4v) is 2.69. The van der Waals surface area contributed by atoms with Crippen LogP contribution in [0.3, 0.4) is 0 Å². The van der Waals surface area contributed by atoms with Crippen LogP contribution in [0.5, 0.6) is 5.75 Å². The number of ether oxygens (including phenoxy) is 1. The number of rotatable bonds is 5. The Balaban J connectivity index is 2.52. The topological polar surface area (TPSA) is 69.4 Å². The molecule has 0 bridgehead atoms. The fourth-order valence-electron chi connectivity index (χ4n) is 1.94. The summed E-state index contributed by atoms with van der Waals surface area (Å²) in [7, 11) is -3.73. The van der Waals surface area contributed by atoms with Gasteiger partial charge in [-0.15, -0.1) is 0 Å². The zero-order chi connectivity index (χ0) is 13.9. The van der Waals surface area contributed by atoms with Crippen LogP contribution < -0.4 is 9.88 Å². The first-order valence-electron chi connectivity index (χ1n) is 6.21. The van der Waals surface area contributed by atoms with E-state index in [0.29, 0.717) is 17.7 Å². The summed E-state index contributed by atoms with van der Waals surface area (Å²) in [6, 6.07) is 10.4. The highest BCUT2D eigenvalue weighted by atomic mass is 32.2. The quantitative estimate of drug-likeness (QED) is 0.855. The second-order valence-corrected chi connectivity index (χ2v) is 5.88. The van der Waals surface area contributed by atoms with E-state index in [1.807, 2.05) is 12.1 Å². The first kappa shape index (κ1) is 13.8. The van der Waals surface area contributed by atoms with Crippen molar-refractivity contribution in [2.24, 2.45) is 5.14 Å². The summed E-state index contributed by atoms with van der Waals surface area (Å²) in [5.41, 5.74) is 0. The molecule has 0 unspecified atom stereocenters. The van der Waals surface area contributed by atoms with Gasteiger partial charge in [0.05, 0.1) is 11.5 Å². The van der Waals surface area contributed by atoms with Gasteiger partial charge in [-0.2, -0.15) is 0 Å². The van der Waals surface area contributed by atoms with Crippen molar-refractivity contribution in [2.75, 3.05) is 6.61 Å². The summed E-state index contributed by atoms with van der Waals surface area (Å²) in [5, 5.41) is 6.59. The molecule has 0 aliphatic rings. The Bertz CT molecular complexity index is 680. The van der Waals surface area contributed by atoms with Crippen molar-refractivity contribution in [3.63, 3.8) is 0 Å². The minimum atomic E-state index is -3.73. The summed E-state index contributed by atoms with van der Waals surface area (Å²) in [4.78, 5) is 0.131. The van der Waals surface area contributed by atoms with Crippen molar-refractivity contribution >= 4 is 20.8 Å². The van der Waals surface area contributed by atoms with Crippen LogP contribution in [0, 0.1) is 0 Å². The number of hydrogen-bond donors (Lipinski definition) is 1. The summed E-state index contributed by atoms with van der Waals surface area (Å²) in [5.74, 6) is 0.691. The van der Waals surface area contributed by atoms with Gasteiger partial charge < -0.3 is 4.74 Å². The van der Waals surface area contributed by atoms with Crippen molar-refractivity contribution in [2.45, 2.75) is 24.7 Å². The van der Waals surface area contributed by atoms with Gasteiger partial charge in [-0.3, -0.25) is 0 Å². The lowest BCUT2D eigenvalue weighted by atomic mass is 10.1. The minimum Gasteiger partial charge on any atom is -0.493 e. The average molecular weight is 279 g/mol. The van der Waals surface area contributed by atoms with Crippen molar-refractivity contribution in [3.8, 4) is 5.75 Å². The lowest BCUT2D eigenvalue weighted by molar-refractivity contribution is 0.313. The molecule has 0 fully saturated rings. The van der Waals surface area contributed by atoms with Crippen LogP contribution in [0.1, 0.15) is 19.8 Å². The van der Waals surface area contributed by atoms with Crippen LogP contribution in [-0.2, 0) is 10.0 Å². The molecule has 2 aromatic rings. The maximum Gasteiger partial charge on any atom is 0.238 e. The summed E-state index contributed by atoms with van der Waals surface area (Å²) >= 11 is 0. The smallest absolute Gasteiger partial charge is 0.238 e. The van der Waals surface area contributed by atoms with E-state index >= 15 is 0 Å². The second-order valence-electron chi connectivity index (χ2n) is 4.35. The molecule has 0 radical (unpaired) electrons. The van der Waals surface area contributed by atoms with E-state index in [0.717, 1.165) is 18.2 Å². The van der Waals surface area contributed by atoms with Crippen molar-refractivity contribution in [1.82, 2.24) is 0 Å². The van der Waals surface area contributed by atoms with Crippen molar-refractivity contribution < 1.29 is 13.2 Å². The Hall–Kier alpha value is -1.59. The molecule has 0 aromatic heterocycles. The maximum atomic E-state index is 11.6. The molecule has 2 aromatic carbocycles. The molecule has 102 valence electrons. The van der Waals surface area contributed by atoms with Gasteiger partial charge in [0.2, 0.25) is 10.0 Å². The van der Waals surface area contributed by atoms with E-state index in [1.165, 1.54) is 6.07 Å². The van der Waals surface area contributed by atoms with E-state index < -0.39 is 10.0 Å². The molecular formula is C14H17NO3S. The lowest BCUT2D eigenvalue weighted by Crippen LogP contribution is -2.12. The molecule has 19 heavy (non-hydrogen) atoms. The monoisotopic (exact) mass is 279 g/mol. The summed E-state index contributed by atoms with van der Waals surface area (Å²) in [6.07, 6.45) is 2.01. The standard InChI is InChI=1S/C14H17NO3S/c1-2-3-10-18-13-8-9-14(19(15,16)17)12-7-5-4-6-11(12)13/h4-9H,2-3,10H2,1H3,(H2,15,16,17). The molecule has 0 aliphatic carbocycles. The van der Waals surface area contributed by atoms with Crippen LogP contribution in [0.2, 0.25) is 0 Å². The number of sulfonamides is 1. The van der Waals surface area contributed by atoms with E-state index in [1.54, 1.807) is 18.2 Å². The van der Waals surface area contributed by atoms with E-state index in [2.05, 4.69) is 6.92 Å². The predicted octanol–water partition coefficient (Wildman–Crippen LogP) is 2.67. The highest BCUT2D eigenvalue weighted by molar-refractivity contribution is 7.89. The third kappa shape index (κ3) is 3.05. The maximum absolute atomic E-state index is 11.6. The van der Waals surface area contributed by atoms with Gasteiger partial charge in [-0.25, -0.2) is 13.6 Å². The summed E-state index contributed by atoms with van der Waals surface area (Å²) in [6.45, 7) is 2.71. The van der Waals surface area contributed by atoms with Crippen molar-refractivity contribution in [1.29, 1.82) is 0 Å². The van der Waals surface area contributed by atoms with Gasteiger partial charge in [0.15, 0.2) is 0 Å². The normalized spacial score (nSPS) is 11.7. The molecule has 5 heteroatoms. The zero-order valence-corrected chi connectivity index (χ0v) is 11.6. The van der Waals surface area contributed by atoms with Gasteiger partial charge >= 0.3 is 0 Å². The predicted molar refractivity (Wildman–Crippen MR) is 75.7 cm³/mol. The highest BCUT2D eigenvalue weighted by Gasteiger charge is 2.14. The van der Waals surface area contributed by atoms with Crippen LogP contribution in [0.25, 0.3) is 10.8 Å². The number of primary sulfonamides is 1. The zero-order valence-electron chi connectivity index (χ0n) is 10.8. The molecule has 0 aliphatic heterocycles. The Labute approximate surface area is 113 Å². The third-order valence-electron chi connectivity index (χ3n) is 2.91. The molecule has 4 nitrogen and oxygen atoms in total. The number of hydrogen-bond acceptors (Lipinski definition) is 3. The molecule has 0 heterocycles. The Morgan fingerprint density at radius 1 is 1.11 bits per heavy atom. The van der Waals surface area contributed by atoms with Gasteiger partial charge in [-0.1, -0.05) is 37.6 Å². The van der Waals surface area contributed by atoms with Crippen LogP contribution in [0.15, 0.2) is 41.3 Å². The van der Waals surface area contributed by atoms with Crippen molar-refractivity contribution in [3.05, 3.63) is 36.4 Å². The summed E-state index contributed by atoms with van der Waals surface area (Å²) < 4.78 is 28.8.